The molecule has 0 radical (unpaired) electrons. The molecule has 236 valence electrons. The number of anilines is 1. The Balaban J connectivity index is 1.83. The van der Waals surface area contributed by atoms with Crippen molar-refractivity contribution >= 4 is 27.5 Å². The highest BCUT2D eigenvalue weighted by Crippen LogP contribution is 2.34. The van der Waals surface area contributed by atoms with Crippen molar-refractivity contribution in [3.8, 4) is 11.5 Å². The molecular weight excluding hydrogens is 597 g/mol. The topological polar surface area (TPSA) is 105 Å². The van der Waals surface area contributed by atoms with Crippen LogP contribution >= 0.6 is 0 Å². The predicted octanol–water partition coefficient (Wildman–Crippen LogP) is 4.81. The first-order valence-electron chi connectivity index (χ1n) is 14.3. The first-order valence-corrected chi connectivity index (χ1v) is 15.8. The molecule has 0 spiro atoms. The Hall–Kier alpha value is -4.90. The smallest absolute Gasteiger partial charge is 0.264 e. The third kappa shape index (κ3) is 7.98. The van der Waals surface area contributed by atoms with Crippen molar-refractivity contribution in [1.82, 2.24) is 10.2 Å². The number of methoxy groups -OCH3 is 2. The molecule has 0 aromatic heterocycles. The van der Waals surface area contributed by atoms with E-state index in [0.29, 0.717) is 12.3 Å². The molecule has 4 aromatic rings. The largest absolute Gasteiger partial charge is 0.493 e. The lowest BCUT2D eigenvalue weighted by Crippen LogP contribution is -2.53. The number of amides is 2. The number of halogens is 1. The fraction of sp³-hybridized carbons (Fsp3) is 0.235. The average molecular weight is 634 g/mol. The maximum absolute atomic E-state index is 15.0. The number of benzene rings is 4. The van der Waals surface area contributed by atoms with Gasteiger partial charge in [0.25, 0.3) is 10.0 Å². The fourth-order valence-electron chi connectivity index (χ4n) is 4.88. The molecule has 9 nitrogen and oxygen atoms in total. The number of sulfonamides is 1. The van der Waals surface area contributed by atoms with Crippen LogP contribution in [0.4, 0.5) is 10.1 Å². The normalized spacial score (nSPS) is 11.7. The summed E-state index contributed by atoms with van der Waals surface area (Å²) in [5, 5.41) is 2.78. The molecule has 0 bridgehead atoms. The van der Waals surface area contributed by atoms with Crippen LogP contribution in [0.1, 0.15) is 18.1 Å². The van der Waals surface area contributed by atoms with Gasteiger partial charge in [0.2, 0.25) is 11.8 Å². The third-order valence-electron chi connectivity index (χ3n) is 7.19. The number of hydrogen-bond donors (Lipinski definition) is 1. The maximum Gasteiger partial charge on any atom is 0.264 e. The lowest BCUT2D eigenvalue weighted by molar-refractivity contribution is -0.140. The maximum atomic E-state index is 15.0. The van der Waals surface area contributed by atoms with Gasteiger partial charge in [-0.2, -0.15) is 0 Å². The summed E-state index contributed by atoms with van der Waals surface area (Å²) in [4.78, 5) is 29.1. The summed E-state index contributed by atoms with van der Waals surface area (Å²) in [5.41, 5.74) is 1.08. The zero-order valence-corrected chi connectivity index (χ0v) is 26.2. The quantitative estimate of drug-likeness (QED) is 0.214. The van der Waals surface area contributed by atoms with Gasteiger partial charge in [0, 0.05) is 31.1 Å². The van der Waals surface area contributed by atoms with E-state index < -0.39 is 40.2 Å². The van der Waals surface area contributed by atoms with E-state index in [9.17, 15) is 22.4 Å². The molecule has 1 N–H and O–H groups in total. The van der Waals surface area contributed by atoms with Gasteiger partial charge in [0.1, 0.15) is 18.4 Å². The molecule has 0 fully saturated rings. The Bertz CT molecular complexity index is 1700. The number of likely N-dealkylation sites (N-methyl/N-ethyl adjacent to an activating group) is 1. The van der Waals surface area contributed by atoms with Crippen molar-refractivity contribution in [2.24, 2.45) is 0 Å². The van der Waals surface area contributed by atoms with Gasteiger partial charge in [-0.15, -0.1) is 0 Å². The number of carbonyl (C=O) groups excluding carboxylic acids is 2. The van der Waals surface area contributed by atoms with E-state index in [2.05, 4.69) is 5.32 Å². The summed E-state index contributed by atoms with van der Waals surface area (Å²) in [6, 6.07) is 26.2. The van der Waals surface area contributed by atoms with Gasteiger partial charge in [-0.3, -0.25) is 13.9 Å². The highest BCUT2D eigenvalue weighted by Gasteiger charge is 2.35. The van der Waals surface area contributed by atoms with Crippen molar-refractivity contribution in [2.45, 2.75) is 30.8 Å². The number of nitrogens with zero attached hydrogens (tertiary/aromatic N) is 2. The van der Waals surface area contributed by atoms with E-state index in [1.54, 1.807) is 31.2 Å². The van der Waals surface area contributed by atoms with Crippen molar-refractivity contribution in [2.75, 3.05) is 31.6 Å². The minimum atomic E-state index is -4.31. The molecule has 0 aliphatic carbocycles. The van der Waals surface area contributed by atoms with Gasteiger partial charge < -0.3 is 19.7 Å². The number of ether oxygens (including phenoxy) is 2. The predicted molar refractivity (Wildman–Crippen MR) is 170 cm³/mol. The SMILES string of the molecule is CCNC(=O)[C@H](Cc1ccccc1)N(Cc1ccccc1F)C(=O)CN(c1ccc(OC)c(OC)c1)S(=O)(=O)c1ccccc1. The van der Waals surface area contributed by atoms with Crippen LogP contribution in [0.5, 0.6) is 11.5 Å². The van der Waals surface area contributed by atoms with Crippen LogP contribution in [0, 0.1) is 5.82 Å². The Kier molecular flexibility index (Phi) is 11.2. The zero-order chi connectivity index (χ0) is 32.4. The standard InChI is InChI=1S/C34H36FN3O6S/c1-4-36-34(40)30(21-25-13-7-5-8-14-25)37(23-26-15-11-12-18-29(26)35)33(39)24-38(45(41,42)28-16-9-6-10-17-28)27-19-20-31(43-2)32(22-27)44-3/h5-20,22,30H,4,21,23-24H2,1-3H3,(H,36,40)/t30-/m0/s1. The van der Waals surface area contributed by atoms with E-state index in [1.807, 2.05) is 30.3 Å². The van der Waals surface area contributed by atoms with Crippen LogP contribution in [0.15, 0.2) is 108 Å². The second-order valence-electron chi connectivity index (χ2n) is 10.1. The summed E-state index contributed by atoms with van der Waals surface area (Å²) in [7, 11) is -1.44. The summed E-state index contributed by atoms with van der Waals surface area (Å²) in [5.74, 6) is -1.10. The van der Waals surface area contributed by atoms with Crippen LogP contribution in [-0.2, 0) is 32.6 Å². The minimum Gasteiger partial charge on any atom is -0.493 e. The monoisotopic (exact) mass is 633 g/mol. The summed E-state index contributed by atoms with van der Waals surface area (Å²) in [6.07, 6.45) is 0.120. The van der Waals surface area contributed by atoms with E-state index in [1.165, 1.54) is 67.7 Å². The Morgan fingerprint density at radius 1 is 0.844 bits per heavy atom. The molecule has 45 heavy (non-hydrogen) atoms. The second-order valence-corrected chi connectivity index (χ2v) is 11.9. The van der Waals surface area contributed by atoms with E-state index >= 15 is 0 Å². The number of hydrogen-bond acceptors (Lipinski definition) is 6. The number of rotatable bonds is 14. The van der Waals surface area contributed by atoms with Crippen molar-refractivity contribution < 1.29 is 31.9 Å². The highest BCUT2D eigenvalue weighted by molar-refractivity contribution is 7.92. The Labute approximate surface area is 263 Å². The second kappa shape index (κ2) is 15.2. The van der Waals surface area contributed by atoms with Gasteiger partial charge in [-0.25, -0.2) is 12.8 Å². The molecule has 0 heterocycles. The van der Waals surface area contributed by atoms with Gasteiger partial charge in [-0.1, -0.05) is 66.7 Å². The molecule has 0 aliphatic heterocycles. The van der Waals surface area contributed by atoms with Crippen LogP contribution in [0.2, 0.25) is 0 Å². The fourth-order valence-corrected chi connectivity index (χ4v) is 6.31. The molecular formula is C34H36FN3O6S. The molecule has 4 rings (SSSR count). The molecule has 11 heteroatoms. The van der Waals surface area contributed by atoms with Gasteiger partial charge in [0.05, 0.1) is 24.8 Å². The van der Waals surface area contributed by atoms with Crippen LogP contribution in [0.25, 0.3) is 0 Å². The molecule has 1 atom stereocenters. The summed E-state index contributed by atoms with van der Waals surface area (Å²) < 4.78 is 54.9. The molecule has 0 unspecified atom stereocenters. The lowest BCUT2D eigenvalue weighted by atomic mass is 10.0. The van der Waals surface area contributed by atoms with Gasteiger partial charge in [0.15, 0.2) is 11.5 Å². The van der Waals surface area contributed by atoms with Crippen LogP contribution < -0.4 is 19.1 Å². The molecule has 4 aromatic carbocycles. The zero-order valence-electron chi connectivity index (χ0n) is 25.4. The summed E-state index contributed by atoms with van der Waals surface area (Å²) >= 11 is 0. The number of carbonyl (C=O) groups is 2. The molecule has 0 saturated carbocycles. The van der Waals surface area contributed by atoms with Crippen molar-refractivity contribution in [1.29, 1.82) is 0 Å². The number of nitrogens with one attached hydrogen (secondary N) is 1. The van der Waals surface area contributed by atoms with E-state index in [4.69, 9.17) is 9.47 Å². The third-order valence-corrected chi connectivity index (χ3v) is 8.97. The van der Waals surface area contributed by atoms with Crippen molar-refractivity contribution in [3.63, 3.8) is 0 Å². The van der Waals surface area contributed by atoms with Gasteiger partial charge in [-0.05, 0) is 42.8 Å². The first kappa shape index (κ1) is 33.0. The molecule has 2 amide bonds. The van der Waals surface area contributed by atoms with Gasteiger partial charge >= 0.3 is 0 Å². The molecule has 0 aliphatic rings. The van der Waals surface area contributed by atoms with Crippen molar-refractivity contribution in [3.05, 3.63) is 120 Å². The van der Waals surface area contributed by atoms with Crippen LogP contribution in [0.3, 0.4) is 0 Å². The molecule has 0 saturated heterocycles. The van der Waals surface area contributed by atoms with Crippen LogP contribution in [-0.4, -0.2) is 58.5 Å². The lowest BCUT2D eigenvalue weighted by Gasteiger charge is -2.34. The Morgan fingerprint density at radius 2 is 1.47 bits per heavy atom. The minimum absolute atomic E-state index is 0.0437. The highest BCUT2D eigenvalue weighted by atomic mass is 32.2. The average Bonchev–Trinajstić information content (AvgIpc) is 3.06. The first-order chi connectivity index (χ1) is 21.7. The van der Waals surface area contributed by atoms with E-state index in [-0.39, 0.29) is 34.9 Å². The van der Waals surface area contributed by atoms with E-state index in [0.717, 1.165) is 9.87 Å². The summed E-state index contributed by atoms with van der Waals surface area (Å²) in [6.45, 7) is 1.09. The Morgan fingerprint density at radius 3 is 2.09 bits per heavy atom.